The summed E-state index contributed by atoms with van der Waals surface area (Å²) in [5.41, 5.74) is -1.51. The molecule has 5 atom stereocenters. The Labute approximate surface area is 274 Å². The lowest BCUT2D eigenvalue weighted by atomic mass is 10.1. The number of hydrogen-bond donors (Lipinski definition) is 6. The SMILES string of the molecule is CCC[C@H](NC(=O)[C@H](CCCCNC(=O)OC(C)(C)C)NC(=O)OC(C)(C)C)C(=O)N[C@@H](CNC(=O)[C@H]1O[C@@H]1C(=O)OCC)C(=O)O. The fourth-order valence-electron chi connectivity index (χ4n) is 4.02. The first-order chi connectivity index (χ1) is 21.8. The number of nitrogens with one attached hydrogen (secondary N) is 5. The quantitative estimate of drug-likeness (QED) is 0.0514. The van der Waals surface area contributed by atoms with Gasteiger partial charge in [0, 0.05) is 13.1 Å². The Morgan fingerprint density at radius 1 is 0.723 bits per heavy atom. The van der Waals surface area contributed by atoms with Crippen molar-refractivity contribution in [3.8, 4) is 0 Å². The Hall–Kier alpha value is -4.15. The molecule has 0 aromatic carbocycles. The second-order valence-corrected chi connectivity index (χ2v) is 12.8. The minimum atomic E-state index is -1.57. The average Bonchev–Trinajstić information content (AvgIpc) is 3.73. The van der Waals surface area contributed by atoms with Gasteiger partial charge in [0.1, 0.15) is 29.3 Å². The van der Waals surface area contributed by atoms with Gasteiger partial charge in [-0.1, -0.05) is 13.3 Å². The summed E-state index contributed by atoms with van der Waals surface area (Å²) >= 11 is 0. The van der Waals surface area contributed by atoms with Gasteiger partial charge in [0.2, 0.25) is 11.8 Å². The third-order valence-electron chi connectivity index (χ3n) is 6.17. The number of carbonyl (C=O) groups excluding carboxylic acids is 6. The van der Waals surface area contributed by atoms with E-state index in [4.69, 9.17) is 18.9 Å². The number of alkyl carbamates (subject to hydrolysis) is 2. The monoisotopic (exact) mass is 673 g/mol. The van der Waals surface area contributed by atoms with E-state index in [0.29, 0.717) is 19.3 Å². The minimum Gasteiger partial charge on any atom is -0.480 e. The van der Waals surface area contributed by atoms with Crippen molar-refractivity contribution in [2.45, 2.75) is 129 Å². The van der Waals surface area contributed by atoms with Gasteiger partial charge in [-0.25, -0.2) is 19.2 Å². The van der Waals surface area contributed by atoms with E-state index in [-0.39, 0.29) is 26.0 Å². The highest BCUT2D eigenvalue weighted by Gasteiger charge is 2.51. The molecule has 0 bridgehead atoms. The van der Waals surface area contributed by atoms with Crippen LogP contribution in [0.2, 0.25) is 0 Å². The van der Waals surface area contributed by atoms with Gasteiger partial charge in [-0.2, -0.15) is 0 Å². The number of carbonyl (C=O) groups is 7. The van der Waals surface area contributed by atoms with Crippen LogP contribution in [0, 0.1) is 0 Å². The summed E-state index contributed by atoms with van der Waals surface area (Å²) < 4.78 is 20.2. The lowest BCUT2D eigenvalue weighted by Crippen LogP contribution is -2.57. The lowest BCUT2D eigenvalue weighted by Gasteiger charge is -2.26. The Balaban J connectivity index is 2.85. The van der Waals surface area contributed by atoms with Crippen molar-refractivity contribution < 1.29 is 57.6 Å². The van der Waals surface area contributed by atoms with Gasteiger partial charge in [0.05, 0.1) is 6.61 Å². The van der Waals surface area contributed by atoms with Crippen molar-refractivity contribution in [3.05, 3.63) is 0 Å². The topological polar surface area (TPSA) is 240 Å². The van der Waals surface area contributed by atoms with Crippen LogP contribution in [0.5, 0.6) is 0 Å². The maximum absolute atomic E-state index is 13.3. The van der Waals surface area contributed by atoms with Crippen molar-refractivity contribution in [2.75, 3.05) is 19.7 Å². The Morgan fingerprint density at radius 2 is 1.28 bits per heavy atom. The predicted octanol–water partition coefficient (Wildman–Crippen LogP) is 0.876. The molecule has 1 aliphatic heterocycles. The minimum absolute atomic E-state index is 0.0980. The van der Waals surface area contributed by atoms with Gasteiger partial charge >= 0.3 is 24.1 Å². The highest BCUT2D eigenvalue weighted by molar-refractivity contribution is 5.94. The molecule has 1 heterocycles. The smallest absolute Gasteiger partial charge is 0.408 e. The molecule has 0 radical (unpaired) electrons. The van der Waals surface area contributed by atoms with Crippen molar-refractivity contribution in [1.82, 2.24) is 26.6 Å². The van der Waals surface area contributed by atoms with Gasteiger partial charge < -0.3 is 50.6 Å². The average molecular weight is 674 g/mol. The normalized spacial score (nSPS) is 17.5. The molecule has 0 aromatic rings. The van der Waals surface area contributed by atoms with E-state index < -0.39 is 89.9 Å². The van der Waals surface area contributed by atoms with Crippen LogP contribution in [0.25, 0.3) is 0 Å². The standard InChI is InChI=1S/C30H51N5O12/c1-9-13-17(22(36)34-19(25(39)40)16-32-24(38)20-21(45-20)26(41)44-10-2)33-23(37)18(35-28(43)47-30(6,7)8)14-11-12-15-31-27(42)46-29(3,4)5/h17-21H,9-16H2,1-8H3,(H,31,42)(H,32,38)(H,33,37)(H,34,36)(H,35,43)(H,39,40)/t17-,18-,19-,20-,21-/m0/s1. The summed E-state index contributed by atoms with van der Waals surface area (Å²) in [6.07, 6.45) is -2.14. The highest BCUT2D eigenvalue weighted by atomic mass is 16.6. The van der Waals surface area contributed by atoms with E-state index in [1.54, 1.807) is 55.4 Å². The third kappa shape index (κ3) is 16.8. The Kier molecular flexibility index (Phi) is 16.4. The zero-order valence-electron chi connectivity index (χ0n) is 28.5. The first kappa shape index (κ1) is 40.9. The van der Waals surface area contributed by atoms with Crippen LogP contribution < -0.4 is 26.6 Å². The summed E-state index contributed by atoms with van der Waals surface area (Å²) in [6, 6.07) is -3.88. The molecule has 0 aliphatic carbocycles. The van der Waals surface area contributed by atoms with Crippen molar-refractivity contribution >= 4 is 41.8 Å². The van der Waals surface area contributed by atoms with E-state index in [2.05, 4.69) is 26.6 Å². The molecule has 5 amide bonds. The number of epoxide rings is 1. The highest BCUT2D eigenvalue weighted by Crippen LogP contribution is 2.23. The van der Waals surface area contributed by atoms with E-state index in [0.717, 1.165) is 0 Å². The van der Waals surface area contributed by atoms with E-state index in [9.17, 15) is 38.7 Å². The fourth-order valence-corrected chi connectivity index (χ4v) is 4.02. The molecule has 1 aliphatic rings. The molecule has 1 rings (SSSR count). The van der Waals surface area contributed by atoms with E-state index in [1.807, 2.05) is 0 Å². The number of hydrogen-bond acceptors (Lipinski definition) is 11. The summed E-state index contributed by atoms with van der Waals surface area (Å²) in [5.74, 6) is -4.46. The fraction of sp³-hybridized carbons (Fsp3) is 0.767. The van der Waals surface area contributed by atoms with Crippen LogP contribution in [0.15, 0.2) is 0 Å². The third-order valence-corrected chi connectivity index (χ3v) is 6.17. The molecule has 268 valence electrons. The number of aliphatic carboxylic acids is 1. The first-order valence-corrected chi connectivity index (χ1v) is 15.7. The second kappa shape index (κ2) is 18.9. The maximum atomic E-state index is 13.3. The van der Waals surface area contributed by atoms with Crippen LogP contribution in [0.1, 0.15) is 87.5 Å². The van der Waals surface area contributed by atoms with Crippen LogP contribution in [0.4, 0.5) is 9.59 Å². The number of rotatable bonds is 18. The molecule has 0 saturated carbocycles. The molecule has 6 N–H and O–H groups in total. The Morgan fingerprint density at radius 3 is 1.81 bits per heavy atom. The zero-order chi connectivity index (χ0) is 35.9. The number of unbranched alkanes of at least 4 members (excludes halogenated alkanes) is 1. The van der Waals surface area contributed by atoms with Crippen molar-refractivity contribution in [3.63, 3.8) is 0 Å². The molecule has 17 heteroatoms. The number of esters is 1. The molecule has 17 nitrogen and oxygen atoms in total. The van der Waals surface area contributed by atoms with Gasteiger partial charge in [-0.3, -0.25) is 14.4 Å². The van der Waals surface area contributed by atoms with Crippen molar-refractivity contribution in [2.24, 2.45) is 0 Å². The second-order valence-electron chi connectivity index (χ2n) is 12.8. The summed E-state index contributed by atoms with van der Waals surface area (Å²) in [6.45, 7) is 13.3. The Bertz CT molecular complexity index is 1120. The lowest BCUT2D eigenvalue weighted by molar-refractivity contribution is -0.145. The van der Waals surface area contributed by atoms with Crippen molar-refractivity contribution in [1.29, 1.82) is 0 Å². The summed E-state index contributed by atoms with van der Waals surface area (Å²) in [5, 5.41) is 22.0. The van der Waals surface area contributed by atoms with Crippen LogP contribution in [-0.4, -0.2) is 108 Å². The molecule has 1 saturated heterocycles. The first-order valence-electron chi connectivity index (χ1n) is 15.7. The van der Waals surface area contributed by atoms with E-state index >= 15 is 0 Å². The molecular formula is C30H51N5O12. The van der Waals surface area contributed by atoms with Gasteiger partial charge in [0.25, 0.3) is 5.91 Å². The largest absolute Gasteiger partial charge is 0.480 e. The summed E-state index contributed by atoms with van der Waals surface area (Å²) in [4.78, 5) is 86.7. The number of carboxylic acid groups (broad SMARTS) is 1. The zero-order valence-corrected chi connectivity index (χ0v) is 28.5. The van der Waals surface area contributed by atoms with Crippen LogP contribution in [-0.2, 0) is 42.9 Å². The molecule has 1 fully saturated rings. The number of carboxylic acids is 1. The number of amides is 5. The van der Waals surface area contributed by atoms with Gasteiger partial charge in [-0.05, 0) is 74.1 Å². The van der Waals surface area contributed by atoms with Gasteiger partial charge in [0.15, 0.2) is 12.2 Å². The molecular weight excluding hydrogens is 622 g/mol. The van der Waals surface area contributed by atoms with Crippen LogP contribution in [0.3, 0.4) is 0 Å². The molecule has 0 aromatic heterocycles. The maximum Gasteiger partial charge on any atom is 0.408 e. The molecule has 0 spiro atoms. The van der Waals surface area contributed by atoms with E-state index in [1.165, 1.54) is 0 Å². The van der Waals surface area contributed by atoms with Gasteiger partial charge in [-0.15, -0.1) is 0 Å². The molecule has 0 unspecified atom stereocenters. The van der Waals surface area contributed by atoms with Crippen LogP contribution >= 0.6 is 0 Å². The molecule has 47 heavy (non-hydrogen) atoms. The summed E-state index contributed by atoms with van der Waals surface area (Å²) in [7, 11) is 0. The number of ether oxygens (including phenoxy) is 4. The predicted molar refractivity (Wildman–Crippen MR) is 166 cm³/mol.